The number of carbonyl (C=O) groups is 1. The van der Waals surface area contributed by atoms with Crippen LogP contribution in [0.15, 0.2) is 36.0 Å². The summed E-state index contributed by atoms with van der Waals surface area (Å²) in [5, 5.41) is 19.1. The zero-order valence-electron chi connectivity index (χ0n) is 9.29. The fraction of sp³-hybridized carbons (Fsp3) is 0. The van der Waals surface area contributed by atoms with Crippen LogP contribution in [0.3, 0.4) is 0 Å². The van der Waals surface area contributed by atoms with Crippen molar-refractivity contribution >= 4 is 22.9 Å². The van der Waals surface area contributed by atoms with Gasteiger partial charge >= 0.3 is 0 Å². The van der Waals surface area contributed by atoms with Crippen LogP contribution in [-0.2, 0) is 4.79 Å². The van der Waals surface area contributed by atoms with Crippen LogP contribution in [0.4, 0.5) is 0 Å². The minimum Gasteiger partial charge on any atom is -0.506 e. The van der Waals surface area contributed by atoms with E-state index in [0.29, 0.717) is 16.5 Å². The number of pyridine rings is 1. The van der Waals surface area contributed by atoms with Crippen molar-refractivity contribution in [3.8, 4) is 11.8 Å². The molecule has 1 amide bonds. The zero-order chi connectivity index (χ0) is 13.1. The van der Waals surface area contributed by atoms with Gasteiger partial charge in [-0.25, -0.2) is 0 Å². The smallest absolute Gasteiger partial charge is 0.259 e. The Morgan fingerprint density at radius 1 is 1.44 bits per heavy atom. The largest absolute Gasteiger partial charge is 0.506 e. The van der Waals surface area contributed by atoms with Crippen LogP contribution in [0, 0.1) is 11.3 Å². The number of phenols is 1. The van der Waals surface area contributed by atoms with Crippen molar-refractivity contribution in [1.29, 1.82) is 5.26 Å². The highest BCUT2D eigenvalue weighted by Crippen LogP contribution is 2.26. The van der Waals surface area contributed by atoms with E-state index < -0.39 is 5.91 Å². The third kappa shape index (κ3) is 1.99. The van der Waals surface area contributed by atoms with Crippen molar-refractivity contribution in [3.05, 3.63) is 41.6 Å². The quantitative estimate of drug-likeness (QED) is 0.609. The summed E-state index contributed by atoms with van der Waals surface area (Å²) in [6, 6.07) is 8.23. The summed E-state index contributed by atoms with van der Waals surface area (Å²) in [6.45, 7) is 0. The Morgan fingerprint density at radius 2 is 2.22 bits per heavy atom. The molecule has 0 saturated carbocycles. The number of benzene rings is 1. The summed E-state index contributed by atoms with van der Waals surface area (Å²) in [4.78, 5) is 15.0. The average Bonchev–Trinajstić information content (AvgIpc) is 2.38. The van der Waals surface area contributed by atoms with Crippen molar-refractivity contribution < 1.29 is 9.90 Å². The van der Waals surface area contributed by atoms with Gasteiger partial charge in [0.1, 0.15) is 22.9 Å². The van der Waals surface area contributed by atoms with Crippen molar-refractivity contribution in [2.24, 2.45) is 5.73 Å². The maximum absolute atomic E-state index is 11.0. The molecule has 0 atom stereocenters. The van der Waals surface area contributed by atoms with Crippen molar-refractivity contribution in [3.63, 3.8) is 0 Å². The number of aromatic hydroxyl groups is 1. The number of fused-ring (bicyclic) bond motifs is 1. The number of nitriles is 1. The minimum atomic E-state index is -0.789. The number of amides is 1. The van der Waals surface area contributed by atoms with Gasteiger partial charge in [0.2, 0.25) is 0 Å². The molecule has 5 nitrogen and oxygen atoms in total. The van der Waals surface area contributed by atoms with Crippen molar-refractivity contribution in [2.45, 2.75) is 0 Å². The standard InChI is InChI=1S/C13H9N3O2/c14-7-9(13(15)18)6-8-3-4-11(17)12-10(8)2-1-5-16-12/h1-6,17H,(H2,15,18). The monoisotopic (exact) mass is 239 g/mol. The highest BCUT2D eigenvalue weighted by molar-refractivity contribution is 6.03. The van der Waals surface area contributed by atoms with Crippen LogP contribution in [0.1, 0.15) is 5.56 Å². The van der Waals surface area contributed by atoms with Crippen molar-refractivity contribution in [2.75, 3.05) is 0 Å². The predicted octanol–water partition coefficient (Wildman–Crippen LogP) is 1.33. The molecule has 0 radical (unpaired) electrons. The number of hydrogen-bond donors (Lipinski definition) is 2. The lowest BCUT2D eigenvalue weighted by Gasteiger charge is -2.03. The number of phenolic OH excluding ortho intramolecular Hbond substituents is 1. The van der Waals surface area contributed by atoms with Gasteiger partial charge in [-0.2, -0.15) is 5.26 Å². The first-order valence-electron chi connectivity index (χ1n) is 5.12. The first-order valence-corrected chi connectivity index (χ1v) is 5.12. The highest BCUT2D eigenvalue weighted by Gasteiger charge is 2.08. The summed E-state index contributed by atoms with van der Waals surface area (Å²) < 4.78 is 0. The molecule has 0 aliphatic heterocycles. The Balaban J connectivity index is 2.71. The Labute approximate surface area is 103 Å². The fourth-order valence-electron chi connectivity index (χ4n) is 1.62. The summed E-state index contributed by atoms with van der Waals surface area (Å²) in [6.07, 6.45) is 2.93. The fourth-order valence-corrected chi connectivity index (χ4v) is 1.62. The Hall–Kier alpha value is -2.87. The second-order valence-electron chi connectivity index (χ2n) is 3.61. The lowest BCUT2D eigenvalue weighted by Crippen LogP contribution is -2.12. The molecular formula is C13H9N3O2. The molecule has 88 valence electrons. The van der Waals surface area contributed by atoms with E-state index in [9.17, 15) is 9.90 Å². The first kappa shape index (κ1) is 11.6. The highest BCUT2D eigenvalue weighted by atomic mass is 16.3. The van der Waals surface area contributed by atoms with Crippen LogP contribution < -0.4 is 5.73 Å². The van der Waals surface area contributed by atoms with Gasteiger partial charge in [0.15, 0.2) is 0 Å². The number of nitrogens with two attached hydrogens (primary N) is 1. The van der Waals surface area contributed by atoms with Gasteiger partial charge < -0.3 is 10.8 Å². The molecule has 0 aliphatic rings. The average molecular weight is 239 g/mol. The molecular weight excluding hydrogens is 230 g/mol. The van der Waals surface area contributed by atoms with E-state index in [-0.39, 0.29) is 11.3 Å². The van der Waals surface area contributed by atoms with Gasteiger partial charge in [0.25, 0.3) is 5.91 Å². The van der Waals surface area contributed by atoms with E-state index in [1.807, 2.05) is 0 Å². The Bertz CT molecular complexity index is 699. The topological polar surface area (TPSA) is 100 Å². The van der Waals surface area contributed by atoms with Gasteiger partial charge in [0.05, 0.1) is 0 Å². The third-order valence-corrected chi connectivity index (χ3v) is 2.47. The maximum Gasteiger partial charge on any atom is 0.259 e. The van der Waals surface area contributed by atoms with Gasteiger partial charge in [0, 0.05) is 11.6 Å². The SMILES string of the molecule is N#CC(=Cc1ccc(O)c2ncccc12)C(N)=O. The molecule has 1 heterocycles. The minimum absolute atomic E-state index is 0.0420. The number of carbonyl (C=O) groups excluding carboxylic acids is 1. The second kappa shape index (κ2) is 4.55. The number of primary amides is 1. The van der Waals surface area contributed by atoms with E-state index in [4.69, 9.17) is 11.0 Å². The summed E-state index contributed by atoms with van der Waals surface area (Å²) >= 11 is 0. The predicted molar refractivity (Wildman–Crippen MR) is 66.2 cm³/mol. The van der Waals surface area contributed by atoms with Crippen LogP contribution in [0.2, 0.25) is 0 Å². The van der Waals surface area contributed by atoms with E-state index in [1.54, 1.807) is 30.5 Å². The molecule has 0 fully saturated rings. The van der Waals surface area contributed by atoms with Crippen LogP contribution in [0.25, 0.3) is 17.0 Å². The van der Waals surface area contributed by atoms with Crippen molar-refractivity contribution in [1.82, 2.24) is 4.98 Å². The molecule has 2 rings (SSSR count). The lowest BCUT2D eigenvalue weighted by molar-refractivity contribution is -0.114. The van der Waals surface area contributed by atoms with Gasteiger partial charge in [-0.15, -0.1) is 0 Å². The van der Waals surface area contributed by atoms with E-state index >= 15 is 0 Å². The van der Waals surface area contributed by atoms with Gasteiger partial charge in [-0.05, 0) is 23.8 Å². The molecule has 2 aromatic rings. The zero-order valence-corrected chi connectivity index (χ0v) is 9.29. The van der Waals surface area contributed by atoms with Gasteiger partial charge in [-0.3, -0.25) is 9.78 Å². The molecule has 0 unspecified atom stereocenters. The number of rotatable bonds is 2. The van der Waals surface area contributed by atoms with Crippen LogP contribution in [-0.4, -0.2) is 16.0 Å². The maximum atomic E-state index is 11.0. The lowest BCUT2D eigenvalue weighted by atomic mass is 10.0. The number of nitrogens with zero attached hydrogens (tertiary/aromatic N) is 2. The third-order valence-electron chi connectivity index (χ3n) is 2.47. The molecule has 3 N–H and O–H groups in total. The molecule has 1 aromatic carbocycles. The molecule has 18 heavy (non-hydrogen) atoms. The second-order valence-corrected chi connectivity index (χ2v) is 3.61. The molecule has 0 bridgehead atoms. The first-order chi connectivity index (χ1) is 8.63. The summed E-state index contributed by atoms with van der Waals surface area (Å²) in [5.74, 6) is -0.747. The number of aromatic nitrogens is 1. The summed E-state index contributed by atoms with van der Waals surface area (Å²) in [5.41, 5.74) is 5.94. The number of hydrogen-bond acceptors (Lipinski definition) is 4. The Kier molecular flexibility index (Phi) is 2.94. The molecule has 1 aromatic heterocycles. The van der Waals surface area contributed by atoms with Gasteiger partial charge in [-0.1, -0.05) is 12.1 Å². The molecule has 0 saturated heterocycles. The van der Waals surface area contributed by atoms with E-state index in [1.165, 1.54) is 12.1 Å². The van der Waals surface area contributed by atoms with E-state index in [0.717, 1.165) is 0 Å². The Morgan fingerprint density at radius 3 is 2.89 bits per heavy atom. The summed E-state index contributed by atoms with van der Waals surface area (Å²) in [7, 11) is 0. The molecule has 0 aliphatic carbocycles. The molecule has 5 heteroatoms. The van der Waals surface area contributed by atoms with Crippen LogP contribution >= 0.6 is 0 Å². The van der Waals surface area contributed by atoms with Crippen LogP contribution in [0.5, 0.6) is 5.75 Å². The normalized spacial score (nSPS) is 11.2. The molecule has 0 spiro atoms. The van der Waals surface area contributed by atoms with E-state index in [2.05, 4.69) is 4.98 Å².